The molecule has 6 nitrogen and oxygen atoms in total. The Labute approximate surface area is 90.4 Å². The van der Waals surface area contributed by atoms with Gasteiger partial charge in [0.15, 0.2) is 9.84 Å². The summed E-state index contributed by atoms with van der Waals surface area (Å²) in [6.45, 7) is 2.51. The Kier molecular flexibility index (Phi) is 3.92. The molecule has 1 aliphatic rings. The van der Waals surface area contributed by atoms with E-state index in [-0.39, 0.29) is 17.5 Å². The molecular formula is C8H18N4O2S. The van der Waals surface area contributed by atoms with Crippen LogP contribution in [0.4, 0.5) is 0 Å². The highest BCUT2D eigenvalue weighted by molar-refractivity contribution is 7.91. The molecule has 1 saturated heterocycles. The molecule has 0 radical (unpaired) electrons. The third kappa shape index (κ3) is 3.07. The van der Waals surface area contributed by atoms with Crippen molar-refractivity contribution in [1.82, 2.24) is 10.3 Å². The van der Waals surface area contributed by atoms with Gasteiger partial charge in [-0.2, -0.15) is 0 Å². The maximum atomic E-state index is 11.3. The predicted molar refractivity (Wildman–Crippen MR) is 60.1 cm³/mol. The molecule has 0 aromatic rings. The van der Waals surface area contributed by atoms with E-state index in [4.69, 9.17) is 5.84 Å². The van der Waals surface area contributed by atoms with Crippen LogP contribution in [0.2, 0.25) is 0 Å². The fourth-order valence-electron chi connectivity index (χ4n) is 1.66. The van der Waals surface area contributed by atoms with Crippen molar-refractivity contribution in [3.8, 4) is 0 Å². The first kappa shape index (κ1) is 12.3. The maximum absolute atomic E-state index is 11.3. The second-order valence-electron chi connectivity index (χ2n) is 3.61. The molecule has 1 unspecified atom stereocenters. The lowest BCUT2D eigenvalue weighted by molar-refractivity contribution is 0.382. The molecule has 0 amide bonds. The minimum Gasteiger partial charge on any atom is -0.341 e. The van der Waals surface area contributed by atoms with E-state index in [0.717, 1.165) is 0 Å². The summed E-state index contributed by atoms with van der Waals surface area (Å²) in [5.41, 5.74) is 2.49. The van der Waals surface area contributed by atoms with Gasteiger partial charge in [-0.25, -0.2) is 14.3 Å². The first-order valence-electron chi connectivity index (χ1n) is 4.94. The standard InChI is InChI=1S/C8H18N4O2S/c1-3-10-8(11-9)12(2)7-4-5-15(13,14)6-7/h7H,3-6,9H2,1-2H3,(H,10,11). The highest BCUT2D eigenvalue weighted by Crippen LogP contribution is 2.16. The van der Waals surface area contributed by atoms with E-state index >= 15 is 0 Å². The van der Waals surface area contributed by atoms with Gasteiger partial charge in [0.1, 0.15) is 0 Å². The number of hydrogen-bond donors (Lipinski definition) is 2. The molecule has 1 fully saturated rings. The number of guanidine groups is 1. The van der Waals surface area contributed by atoms with Crippen molar-refractivity contribution in [3.05, 3.63) is 0 Å². The van der Waals surface area contributed by atoms with Gasteiger partial charge in [-0.3, -0.25) is 10.4 Å². The molecule has 0 aromatic carbocycles. The van der Waals surface area contributed by atoms with Crippen molar-refractivity contribution >= 4 is 15.8 Å². The molecule has 7 heteroatoms. The van der Waals surface area contributed by atoms with Crippen LogP contribution in [0.15, 0.2) is 4.99 Å². The topological polar surface area (TPSA) is 87.8 Å². The molecule has 3 N–H and O–H groups in total. The lowest BCUT2D eigenvalue weighted by Gasteiger charge is -2.26. The fourth-order valence-corrected chi connectivity index (χ4v) is 3.44. The number of nitrogens with two attached hydrogens (primary N) is 1. The molecule has 1 aliphatic heterocycles. The second-order valence-corrected chi connectivity index (χ2v) is 5.84. The van der Waals surface area contributed by atoms with Crippen LogP contribution in [0.25, 0.3) is 0 Å². The largest absolute Gasteiger partial charge is 0.341 e. The molecule has 1 heterocycles. The predicted octanol–water partition coefficient (Wildman–Crippen LogP) is -1.06. The maximum Gasteiger partial charge on any atom is 0.208 e. The highest BCUT2D eigenvalue weighted by atomic mass is 32.2. The second kappa shape index (κ2) is 4.80. The summed E-state index contributed by atoms with van der Waals surface area (Å²) in [5, 5.41) is 0. The van der Waals surface area contributed by atoms with Crippen LogP contribution in [0.3, 0.4) is 0 Å². The van der Waals surface area contributed by atoms with Crippen LogP contribution >= 0.6 is 0 Å². The number of rotatable bonds is 2. The molecule has 15 heavy (non-hydrogen) atoms. The van der Waals surface area contributed by atoms with Gasteiger partial charge in [-0.05, 0) is 13.3 Å². The van der Waals surface area contributed by atoms with E-state index in [1.807, 2.05) is 6.92 Å². The van der Waals surface area contributed by atoms with Crippen LogP contribution in [-0.4, -0.2) is 50.4 Å². The smallest absolute Gasteiger partial charge is 0.208 e. The SMILES string of the molecule is CCN=C(NN)N(C)C1CCS(=O)(=O)C1. The summed E-state index contributed by atoms with van der Waals surface area (Å²) < 4.78 is 22.6. The van der Waals surface area contributed by atoms with Crippen molar-refractivity contribution in [2.24, 2.45) is 10.8 Å². The Morgan fingerprint density at radius 1 is 1.67 bits per heavy atom. The normalized spacial score (nSPS) is 25.3. The molecule has 0 spiro atoms. The zero-order valence-corrected chi connectivity index (χ0v) is 9.92. The molecule has 0 saturated carbocycles. The van der Waals surface area contributed by atoms with E-state index in [1.165, 1.54) is 0 Å². The molecule has 88 valence electrons. The highest BCUT2D eigenvalue weighted by Gasteiger charge is 2.31. The van der Waals surface area contributed by atoms with Gasteiger partial charge in [-0.15, -0.1) is 0 Å². The minimum atomic E-state index is -2.86. The van der Waals surface area contributed by atoms with E-state index < -0.39 is 9.84 Å². The lowest BCUT2D eigenvalue weighted by Crippen LogP contribution is -2.48. The summed E-state index contributed by atoms with van der Waals surface area (Å²) in [5.74, 6) is 6.31. The molecule has 0 aromatic heterocycles. The van der Waals surface area contributed by atoms with Gasteiger partial charge >= 0.3 is 0 Å². The van der Waals surface area contributed by atoms with Gasteiger partial charge in [0.25, 0.3) is 0 Å². The van der Waals surface area contributed by atoms with Crippen molar-refractivity contribution < 1.29 is 8.42 Å². The summed E-state index contributed by atoms with van der Waals surface area (Å²) in [7, 11) is -1.06. The Balaban J connectivity index is 2.69. The van der Waals surface area contributed by atoms with Gasteiger partial charge < -0.3 is 4.90 Å². The third-order valence-corrected chi connectivity index (χ3v) is 4.28. The number of hydrazine groups is 1. The number of hydrogen-bond acceptors (Lipinski definition) is 4. The summed E-state index contributed by atoms with van der Waals surface area (Å²) >= 11 is 0. The van der Waals surface area contributed by atoms with Gasteiger partial charge in [0, 0.05) is 19.6 Å². The van der Waals surface area contributed by atoms with Crippen LogP contribution in [-0.2, 0) is 9.84 Å². The molecule has 0 bridgehead atoms. The minimum absolute atomic E-state index is 0.0173. The summed E-state index contributed by atoms with van der Waals surface area (Å²) in [4.78, 5) is 5.95. The number of sulfone groups is 1. The Hall–Kier alpha value is -0.820. The molecule has 1 rings (SSSR count). The Bertz CT molecular complexity index is 339. The zero-order valence-electron chi connectivity index (χ0n) is 9.10. The number of aliphatic imine (C=N–C) groups is 1. The van der Waals surface area contributed by atoms with Gasteiger partial charge in [0.2, 0.25) is 5.96 Å². The lowest BCUT2D eigenvalue weighted by atomic mass is 10.2. The van der Waals surface area contributed by atoms with Crippen molar-refractivity contribution in [2.45, 2.75) is 19.4 Å². The zero-order chi connectivity index (χ0) is 11.5. The molecule has 1 atom stereocenters. The monoisotopic (exact) mass is 234 g/mol. The van der Waals surface area contributed by atoms with E-state index in [1.54, 1.807) is 11.9 Å². The van der Waals surface area contributed by atoms with Crippen LogP contribution in [0.1, 0.15) is 13.3 Å². The van der Waals surface area contributed by atoms with Crippen LogP contribution < -0.4 is 11.3 Å². The first-order valence-corrected chi connectivity index (χ1v) is 6.76. The number of nitrogens with zero attached hydrogens (tertiary/aromatic N) is 2. The third-order valence-electron chi connectivity index (χ3n) is 2.53. The average Bonchev–Trinajstić information content (AvgIpc) is 2.54. The van der Waals surface area contributed by atoms with E-state index in [2.05, 4.69) is 10.4 Å². The number of nitrogens with one attached hydrogen (secondary N) is 1. The van der Waals surface area contributed by atoms with Crippen molar-refractivity contribution in [3.63, 3.8) is 0 Å². The quantitative estimate of drug-likeness (QED) is 0.275. The van der Waals surface area contributed by atoms with Gasteiger partial charge in [0.05, 0.1) is 11.5 Å². The van der Waals surface area contributed by atoms with Gasteiger partial charge in [-0.1, -0.05) is 0 Å². The van der Waals surface area contributed by atoms with E-state index in [0.29, 0.717) is 18.9 Å². The van der Waals surface area contributed by atoms with Crippen molar-refractivity contribution in [1.29, 1.82) is 0 Å². The Morgan fingerprint density at radius 3 is 2.73 bits per heavy atom. The summed E-state index contributed by atoms with van der Waals surface area (Å²) in [6.07, 6.45) is 0.642. The van der Waals surface area contributed by atoms with E-state index in [9.17, 15) is 8.42 Å². The molecular weight excluding hydrogens is 216 g/mol. The first-order chi connectivity index (χ1) is 7.00. The van der Waals surface area contributed by atoms with Crippen LogP contribution in [0.5, 0.6) is 0 Å². The average molecular weight is 234 g/mol. The summed E-state index contributed by atoms with van der Waals surface area (Å²) in [6, 6.07) is -0.0173. The fraction of sp³-hybridized carbons (Fsp3) is 0.875. The van der Waals surface area contributed by atoms with Crippen LogP contribution in [0, 0.1) is 0 Å². The van der Waals surface area contributed by atoms with Crippen molar-refractivity contribution in [2.75, 3.05) is 25.1 Å². The Morgan fingerprint density at radius 2 is 2.33 bits per heavy atom. The molecule has 0 aliphatic carbocycles.